The lowest BCUT2D eigenvalue weighted by atomic mass is 10.2. The molecule has 1 amide bonds. The van der Waals surface area contributed by atoms with Crippen LogP contribution in [0.25, 0.3) is 10.2 Å². The number of aromatic nitrogens is 2. The maximum Gasteiger partial charge on any atom is 0.260 e. The Kier molecular flexibility index (Phi) is 4.64. The molecule has 134 valence electrons. The van der Waals surface area contributed by atoms with Gasteiger partial charge in [0, 0.05) is 11.8 Å². The Balaban J connectivity index is 1.77. The van der Waals surface area contributed by atoms with Crippen LogP contribution in [0.2, 0.25) is 0 Å². The largest absolute Gasteiger partial charge is 0.278 e. The Morgan fingerprint density at radius 2 is 2.00 bits per heavy atom. The lowest BCUT2D eigenvalue weighted by molar-refractivity contribution is 0.0984. The molecule has 0 aliphatic carbocycles. The van der Waals surface area contributed by atoms with Crippen LogP contribution in [0.4, 0.5) is 9.52 Å². The number of benzene rings is 2. The van der Waals surface area contributed by atoms with Crippen LogP contribution in [0.3, 0.4) is 0 Å². The summed E-state index contributed by atoms with van der Waals surface area (Å²) in [6, 6.07) is 17.2. The second-order valence-electron chi connectivity index (χ2n) is 6.19. The first-order chi connectivity index (χ1) is 13.1. The van der Waals surface area contributed by atoms with Gasteiger partial charge in [-0.15, -0.1) is 0 Å². The fraction of sp³-hybridized carbons (Fsp3) is 0.0952. The number of amides is 1. The second-order valence-corrected chi connectivity index (χ2v) is 7.20. The number of thiazole rings is 1. The summed E-state index contributed by atoms with van der Waals surface area (Å²) in [5, 5.41) is 0.565. The van der Waals surface area contributed by atoms with Gasteiger partial charge in [0.15, 0.2) is 5.13 Å². The van der Waals surface area contributed by atoms with E-state index < -0.39 is 5.82 Å². The van der Waals surface area contributed by atoms with Crippen LogP contribution in [0.5, 0.6) is 0 Å². The molecule has 0 N–H and O–H groups in total. The summed E-state index contributed by atoms with van der Waals surface area (Å²) in [5.74, 6) is -0.755. The Hall–Kier alpha value is -3.12. The van der Waals surface area contributed by atoms with Crippen LogP contribution in [0.1, 0.15) is 21.6 Å². The Bertz CT molecular complexity index is 1110. The first kappa shape index (κ1) is 17.3. The number of fused-ring (bicyclic) bond motifs is 1. The molecule has 0 saturated carbocycles. The molecule has 6 heteroatoms. The van der Waals surface area contributed by atoms with Gasteiger partial charge in [-0.1, -0.05) is 29.5 Å². The average Bonchev–Trinajstić information content (AvgIpc) is 3.09. The van der Waals surface area contributed by atoms with Crippen molar-refractivity contribution in [1.29, 1.82) is 0 Å². The van der Waals surface area contributed by atoms with Crippen LogP contribution in [0.15, 0.2) is 66.9 Å². The van der Waals surface area contributed by atoms with Gasteiger partial charge in [0.25, 0.3) is 5.91 Å². The van der Waals surface area contributed by atoms with Crippen molar-refractivity contribution in [3.8, 4) is 0 Å². The van der Waals surface area contributed by atoms with E-state index >= 15 is 0 Å². The Morgan fingerprint density at radius 1 is 1.11 bits per heavy atom. The zero-order valence-corrected chi connectivity index (χ0v) is 15.4. The van der Waals surface area contributed by atoms with Crippen molar-refractivity contribution in [2.75, 3.05) is 4.90 Å². The standard InChI is InChI=1S/C21H16FN3OS/c1-14-8-9-18-19(11-14)27-21(24-18)25(13-17-7-2-3-10-23-17)20(26)15-5-4-6-16(22)12-15/h2-12H,13H2,1H3. The number of carbonyl (C=O) groups is 1. The molecule has 4 rings (SSSR count). The molecule has 2 aromatic heterocycles. The molecule has 4 aromatic rings. The molecule has 0 unspecified atom stereocenters. The maximum absolute atomic E-state index is 13.6. The highest BCUT2D eigenvalue weighted by Crippen LogP contribution is 2.31. The number of anilines is 1. The van der Waals surface area contributed by atoms with Gasteiger partial charge < -0.3 is 0 Å². The summed E-state index contributed by atoms with van der Waals surface area (Å²) in [5.41, 5.74) is 2.98. The second kappa shape index (κ2) is 7.25. The van der Waals surface area contributed by atoms with E-state index in [1.165, 1.54) is 29.5 Å². The Morgan fingerprint density at radius 3 is 2.78 bits per heavy atom. The summed E-state index contributed by atoms with van der Waals surface area (Å²) in [4.78, 5) is 23.6. The van der Waals surface area contributed by atoms with Gasteiger partial charge in [0.05, 0.1) is 22.5 Å². The summed E-state index contributed by atoms with van der Waals surface area (Å²) in [6.45, 7) is 2.28. The normalized spacial score (nSPS) is 10.9. The first-order valence-electron chi connectivity index (χ1n) is 8.45. The van der Waals surface area contributed by atoms with Crippen molar-refractivity contribution in [1.82, 2.24) is 9.97 Å². The van der Waals surface area contributed by atoms with E-state index in [9.17, 15) is 9.18 Å². The van der Waals surface area contributed by atoms with E-state index in [-0.39, 0.29) is 18.0 Å². The molecular formula is C21H16FN3OS. The van der Waals surface area contributed by atoms with Crippen LogP contribution in [-0.4, -0.2) is 15.9 Å². The number of rotatable bonds is 4. The zero-order valence-electron chi connectivity index (χ0n) is 14.6. The van der Waals surface area contributed by atoms with E-state index in [0.717, 1.165) is 21.5 Å². The maximum atomic E-state index is 13.6. The SMILES string of the molecule is Cc1ccc2nc(N(Cc3ccccn3)C(=O)c3cccc(F)c3)sc2c1. The predicted molar refractivity (Wildman–Crippen MR) is 106 cm³/mol. The molecule has 4 nitrogen and oxygen atoms in total. The Labute approximate surface area is 159 Å². The summed E-state index contributed by atoms with van der Waals surface area (Å²) in [6.07, 6.45) is 1.68. The third-order valence-corrected chi connectivity index (χ3v) is 5.17. The van der Waals surface area contributed by atoms with Crippen molar-refractivity contribution in [3.05, 3.63) is 89.5 Å². The lowest BCUT2D eigenvalue weighted by Gasteiger charge is -2.19. The summed E-state index contributed by atoms with van der Waals surface area (Å²) >= 11 is 1.44. The third kappa shape index (κ3) is 3.71. The van der Waals surface area contributed by atoms with Crippen LogP contribution >= 0.6 is 11.3 Å². The number of halogens is 1. The van der Waals surface area contributed by atoms with Crippen molar-refractivity contribution in [2.45, 2.75) is 13.5 Å². The quantitative estimate of drug-likeness (QED) is 0.504. The number of carbonyl (C=O) groups excluding carboxylic acids is 1. The van der Waals surface area contributed by atoms with Gasteiger partial charge in [-0.2, -0.15) is 0 Å². The topological polar surface area (TPSA) is 46.1 Å². The molecule has 2 aromatic carbocycles. The minimum Gasteiger partial charge on any atom is -0.278 e. The summed E-state index contributed by atoms with van der Waals surface area (Å²) in [7, 11) is 0. The molecule has 0 atom stereocenters. The van der Waals surface area contributed by atoms with E-state index in [1.807, 2.05) is 43.3 Å². The minimum atomic E-state index is -0.446. The van der Waals surface area contributed by atoms with Crippen molar-refractivity contribution in [3.63, 3.8) is 0 Å². The van der Waals surface area contributed by atoms with Gasteiger partial charge in [0.1, 0.15) is 5.82 Å². The predicted octanol–water partition coefficient (Wildman–Crippen LogP) is 4.99. The van der Waals surface area contributed by atoms with Crippen LogP contribution in [0, 0.1) is 12.7 Å². The van der Waals surface area contributed by atoms with Gasteiger partial charge in [-0.05, 0) is 55.0 Å². The molecule has 0 fully saturated rings. The molecule has 0 spiro atoms. The lowest BCUT2D eigenvalue weighted by Crippen LogP contribution is -2.30. The fourth-order valence-corrected chi connectivity index (χ4v) is 3.85. The van der Waals surface area contributed by atoms with Gasteiger partial charge in [-0.25, -0.2) is 9.37 Å². The fourth-order valence-electron chi connectivity index (χ4n) is 2.79. The number of hydrogen-bond donors (Lipinski definition) is 0. The zero-order chi connectivity index (χ0) is 18.8. The molecule has 0 aliphatic heterocycles. The van der Waals surface area contributed by atoms with E-state index in [2.05, 4.69) is 9.97 Å². The number of nitrogens with zero attached hydrogens (tertiary/aromatic N) is 3. The molecular weight excluding hydrogens is 361 g/mol. The number of aryl methyl sites for hydroxylation is 1. The van der Waals surface area contributed by atoms with Crippen LogP contribution < -0.4 is 4.90 Å². The highest BCUT2D eigenvalue weighted by molar-refractivity contribution is 7.22. The van der Waals surface area contributed by atoms with E-state index in [4.69, 9.17) is 0 Å². The first-order valence-corrected chi connectivity index (χ1v) is 9.26. The smallest absolute Gasteiger partial charge is 0.260 e. The average molecular weight is 377 g/mol. The molecule has 0 saturated heterocycles. The van der Waals surface area contributed by atoms with Gasteiger partial charge in [-0.3, -0.25) is 14.7 Å². The van der Waals surface area contributed by atoms with Gasteiger partial charge in [0.2, 0.25) is 0 Å². The molecule has 27 heavy (non-hydrogen) atoms. The highest BCUT2D eigenvalue weighted by Gasteiger charge is 2.22. The third-order valence-electron chi connectivity index (χ3n) is 4.13. The van der Waals surface area contributed by atoms with Crippen LogP contribution in [-0.2, 0) is 6.54 Å². The number of hydrogen-bond acceptors (Lipinski definition) is 4. The van der Waals surface area contributed by atoms with Crippen molar-refractivity contribution in [2.24, 2.45) is 0 Å². The van der Waals surface area contributed by atoms with Crippen molar-refractivity contribution < 1.29 is 9.18 Å². The molecule has 0 bridgehead atoms. The summed E-state index contributed by atoms with van der Waals surface area (Å²) < 4.78 is 14.6. The van der Waals surface area contributed by atoms with E-state index in [1.54, 1.807) is 17.2 Å². The van der Waals surface area contributed by atoms with Crippen molar-refractivity contribution >= 4 is 32.6 Å². The molecule has 0 radical (unpaired) electrons. The van der Waals surface area contributed by atoms with E-state index in [0.29, 0.717) is 5.13 Å². The van der Waals surface area contributed by atoms with Gasteiger partial charge >= 0.3 is 0 Å². The minimum absolute atomic E-state index is 0.259. The molecule has 0 aliphatic rings. The highest BCUT2D eigenvalue weighted by atomic mass is 32.1. The molecule has 2 heterocycles. The number of pyridine rings is 1. The monoisotopic (exact) mass is 377 g/mol.